The van der Waals surface area contributed by atoms with Gasteiger partial charge in [0.15, 0.2) is 0 Å². The second-order valence-electron chi connectivity index (χ2n) is 4.43. The zero-order valence-electron chi connectivity index (χ0n) is 10.2. The number of nitrogens with one attached hydrogen (secondary N) is 1. The van der Waals surface area contributed by atoms with Crippen LogP contribution in [0.1, 0.15) is 32.4 Å². The lowest BCUT2D eigenvalue weighted by Gasteiger charge is -2.19. The van der Waals surface area contributed by atoms with Gasteiger partial charge in [-0.3, -0.25) is 4.79 Å². The molecule has 1 amide bonds. The van der Waals surface area contributed by atoms with E-state index >= 15 is 0 Å². The van der Waals surface area contributed by atoms with Crippen molar-refractivity contribution in [3.05, 3.63) is 34.3 Å². The highest BCUT2D eigenvalue weighted by atomic mass is 79.9. The molecule has 1 rings (SSSR count). The van der Waals surface area contributed by atoms with Gasteiger partial charge in [0.05, 0.1) is 10.9 Å². The molecule has 1 unspecified atom stereocenters. The van der Waals surface area contributed by atoms with E-state index < -0.39 is 0 Å². The molecule has 2 nitrogen and oxygen atoms in total. The summed E-state index contributed by atoms with van der Waals surface area (Å²) in [6, 6.07) is 7.99. The van der Waals surface area contributed by atoms with Gasteiger partial charge in [-0.15, -0.1) is 0 Å². The molecule has 4 heteroatoms. The van der Waals surface area contributed by atoms with Gasteiger partial charge in [-0.2, -0.15) is 0 Å². The molecule has 17 heavy (non-hydrogen) atoms. The monoisotopic (exact) mass is 361 g/mol. The van der Waals surface area contributed by atoms with Crippen LogP contribution in [0.25, 0.3) is 0 Å². The van der Waals surface area contributed by atoms with Crippen molar-refractivity contribution < 1.29 is 4.79 Å². The first kappa shape index (κ1) is 14.7. The predicted octanol–water partition coefficient (Wildman–Crippen LogP) is 4.05. The molecule has 0 aliphatic carbocycles. The number of alkyl halides is 1. The Bertz CT molecular complexity index is 376. The molecular formula is C13H17Br2NO. The van der Waals surface area contributed by atoms with Gasteiger partial charge in [0.25, 0.3) is 0 Å². The third-order valence-corrected chi connectivity index (χ3v) is 4.57. The van der Waals surface area contributed by atoms with E-state index in [2.05, 4.69) is 37.2 Å². The Morgan fingerprint density at radius 1 is 1.18 bits per heavy atom. The minimum Gasteiger partial charge on any atom is -0.349 e. The van der Waals surface area contributed by atoms with Gasteiger partial charge in [-0.25, -0.2) is 0 Å². The molecule has 1 N–H and O–H groups in total. The summed E-state index contributed by atoms with van der Waals surface area (Å²) in [7, 11) is 0. The Balaban J connectivity index is 2.63. The van der Waals surface area contributed by atoms with Crippen molar-refractivity contribution in [3.8, 4) is 0 Å². The lowest BCUT2D eigenvalue weighted by atomic mass is 10.1. The molecule has 0 spiro atoms. The van der Waals surface area contributed by atoms with Crippen LogP contribution in [-0.4, -0.2) is 10.7 Å². The first-order chi connectivity index (χ1) is 7.91. The number of carbonyl (C=O) groups is 1. The smallest absolute Gasteiger partial charge is 0.234 e. The van der Waals surface area contributed by atoms with Crippen LogP contribution in [0.15, 0.2) is 28.7 Å². The summed E-state index contributed by atoms with van der Waals surface area (Å²) in [4.78, 5) is 11.7. The van der Waals surface area contributed by atoms with E-state index in [0.717, 1.165) is 10.0 Å². The first-order valence-electron chi connectivity index (χ1n) is 5.61. The third-order valence-electron chi connectivity index (χ3n) is 2.56. The molecule has 0 fully saturated rings. The van der Waals surface area contributed by atoms with Crippen molar-refractivity contribution >= 4 is 37.8 Å². The highest BCUT2D eigenvalue weighted by Crippen LogP contribution is 2.18. The quantitative estimate of drug-likeness (QED) is 0.804. The number of amides is 1. The van der Waals surface area contributed by atoms with Crippen molar-refractivity contribution in [2.75, 3.05) is 0 Å². The summed E-state index contributed by atoms with van der Waals surface area (Å²) in [5.74, 6) is 0.322. The lowest BCUT2D eigenvalue weighted by molar-refractivity contribution is -0.121. The maximum absolute atomic E-state index is 11.9. The van der Waals surface area contributed by atoms with Crippen LogP contribution < -0.4 is 5.32 Å². The highest BCUT2D eigenvalue weighted by molar-refractivity contribution is 9.10. The normalized spacial score (nSPS) is 14.5. The van der Waals surface area contributed by atoms with Gasteiger partial charge < -0.3 is 5.32 Å². The molecule has 0 heterocycles. The zero-order chi connectivity index (χ0) is 13.0. The van der Waals surface area contributed by atoms with Crippen molar-refractivity contribution in [2.45, 2.75) is 31.6 Å². The number of carbonyl (C=O) groups excluding carboxylic acids is 1. The van der Waals surface area contributed by atoms with Gasteiger partial charge in [0, 0.05) is 4.47 Å². The van der Waals surface area contributed by atoms with Gasteiger partial charge in [0.1, 0.15) is 0 Å². The van der Waals surface area contributed by atoms with Gasteiger partial charge >= 0.3 is 0 Å². The Kier molecular flexibility index (Phi) is 5.67. The predicted molar refractivity (Wildman–Crippen MR) is 78.3 cm³/mol. The van der Waals surface area contributed by atoms with Gasteiger partial charge in [-0.05, 0) is 30.5 Å². The van der Waals surface area contributed by atoms with Gasteiger partial charge in [-0.1, -0.05) is 57.8 Å². The van der Waals surface area contributed by atoms with E-state index in [1.807, 2.05) is 45.0 Å². The Morgan fingerprint density at radius 2 is 1.71 bits per heavy atom. The number of hydrogen-bond acceptors (Lipinski definition) is 1. The van der Waals surface area contributed by atoms with Crippen LogP contribution in [-0.2, 0) is 4.79 Å². The van der Waals surface area contributed by atoms with Crippen LogP contribution in [0.2, 0.25) is 0 Å². The molecule has 1 aromatic rings. The average Bonchev–Trinajstić information content (AvgIpc) is 2.28. The molecule has 2 atom stereocenters. The van der Waals surface area contributed by atoms with Crippen LogP contribution in [0, 0.1) is 5.92 Å². The average molecular weight is 363 g/mol. The van der Waals surface area contributed by atoms with E-state index in [1.54, 1.807) is 0 Å². The summed E-state index contributed by atoms with van der Waals surface area (Å²) in [6.07, 6.45) is 0. The second kappa shape index (κ2) is 6.55. The molecule has 0 radical (unpaired) electrons. The first-order valence-corrected chi connectivity index (χ1v) is 7.32. The molecule has 0 bridgehead atoms. The van der Waals surface area contributed by atoms with Crippen LogP contribution >= 0.6 is 31.9 Å². The standard InChI is InChI=1S/C13H17Br2NO/c1-8(2)12(15)13(17)16-9(3)10-4-6-11(14)7-5-10/h4-9,12H,1-3H3,(H,16,17)/t9-,12?/m0/s1. The van der Waals surface area contributed by atoms with Crippen LogP contribution in [0.5, 0.6) is 0 Å². The van der Waals surface area contributed by atoms with Gasteiger partial charge in [0.2, 0.25) is 5.91 Å². The van der Waals surface area contributed by atoms with Crippen molar-refractivity contribution in [1.82, 2.24) is 5.32 Å². The number of hydrogen-bond donors (Lipinski definition) is 1. The molecule has 0 saturated heterocycles. The van der Waals surface area contributed by atoms with E-state index in [-0.39, 0.29) is 22.7 Å². The third kappa shape index (κ3) is 4.43. The minimum absolute atomic E-state index is 0.0226. The molecule has 1 aromatic carbocycles. The fourth-order valence-corrected chi connectivity index (χ4v) is 1.83. The topological polar surface area (TPSA) is 29.1 Å². The summed E-state index contributed by atoms with van der Waals surface area (Å²) < 4.78 is 1.04. The summed E-state index contributed by atoms with van der Waals surface area (Å²) in [5, 5.41) is 3.00. The molecule has 0 aromatic heterocycles. The minimum atomic E-state index is -0.139. The molecular weight excluding hydrogens is 346 g/mol. The SMILES string of the molecule is CC(C)C(Br)C(=O)N[C@@H](C)c1ccc(Br)cc1. The highest BCUT2D eigenvalue weighted by Gasteiger charge is 2.20. The Morgan fingerprint density at radius 3 is 2.18 bits per heavy atom. The zero-order valence-corrected chi connectivity index (χ0v) is 13.4. The number of benzene rings is 1. The van der Waals surface area contributed by atoms with E-state index in [1.165, 1.54) is 0 Å². The maximum atomic E-state index is 11.9. The fourth-order valence-electron chi connectivity index (χ4n) is 1.43. The Hall–Kier alpha value is -0.350. The van der Waals surface area contributed by atoms with Crippen LogP contribution in [0.4, 0.5) is 0 Å². The summed E-state index contributed by atoms with van der Waals surface area (Å²) in [6.45, 7) is 6.02. The number of halogens is 2. The summed E-state index contributed by atoms with van der Waals surface area (Å²) in [5.41, 5.74) is 1.10. The molecule has 0 saturated carbocycles. The van der Waals surface area contributed by atoms with E-state index in [4.69, 9.17) is 0 Å². The summed E-state index contributed by atoms with van der Waals surface area (Å²) >= 11 is 6.79. The maximum Gasteiger partial charge on any atom is 0.234 e. The van der Waals surface area contributed by atoms with E-state index in [0.29, 0.717) is 0 Å². The molecule has 0 aliphatic rings. The lowest BCUT2D eigenvalue weighted by Crippen LogP contribution is -2.35. The van der Waals surface area contributed by atoms with Crippen molar-refractivity contribution in [1.29, 1.82) is 0 Å². The molecule has 94 valence electrons. The van der Waals surface area contributed by atoms with Crippen molar-refractivity contribution in [3.63, 3.8) is 0 Å². The second-order valence-corrected chi connectivity index (χ2v) is 6.33. The molecule has 0 aliphatic heterocycles. The largest absolute Gasteiger partial charge is 0.349 e. The van der Waals surface area contributed by atoms with Crippen LogP contribution in [0.3, 0.4) is 0 Å². The van der Waals surface area contributed by atoms with Crippen molar-refractivity contribution in [2.24, 2.45) is 5.92 Å². The van der Waals surface area contributed by atoms with E-state index in [9.17, 15) is 4.79 Å². The number of rotatable bonds is 4. The Labute approximate surface area is 119 Å². The fraction of sp³-hybridized carbons (Fsp3) is 0.462.